The quantitative estimate of drug-likeness (QED) is 0.320. The summed E-state index contributed by atoms with van der Waals surface area (Å²) < 4.78 is 20.1. The molecule has 32 heavy (non-hydrogen) atoms. The lowest BCUT2D eigenvalue weighted by Crippen LogP contribution is -2.57. The van der Waals surface area contributed by atoms with E-state index < -0.39 is 30.6 Å². The van der Waals surface area contributed by atoms with Crippen molar-refractivity contribution in [1.82, 2.24) is 0 Å². The molecule has 0 aromatic heterocycles. The molecule has 190 valence electrons. The van der Waals surface area contributed by atoms with Gasteiger partial charge in [0.25, 0.3) is 0 Å². The number of nitrogens with zero attached hydrogens (tertiary/aromatic N) is 1. The van der Waals surface area contributed by atoms with Crippen LogP contribution in [0.15, 0.2) is 5.16 Å². The van der Waals surface area contributed by atoms with Crippen LogP contribution in [0.1, 0.15) is 69.2 Å². The first-order valence-corrected chi connectivity index (χ1v) is 20.8. The number of oxime groups is 1. The molecule has 0 bridgehead atoms. The van der Waals surface area contributed by atoms with Gasteiger partial charge >= 0.3 is 0 Å². The second-order valence-corrected chi connectivity index (χ2v) is 28.7. The zero-order valence-corrected chi connectivity index (χ0v) is 27.1. The van der Waals surface area contributed by atoms with Gasteiger partial charge in [0.1, 0.15) is 11.8 Å². The maximum absolute atomic E-state index is 6.95. The minimum atomic E-state index is -2.07. The fourth-order valence-electron chi connectivity index (χ4n) is 2.49. The number of hydrogen-bond donors (Lipinski definition) is 0. The molecule has 0 spiro atoms. The van der Waals surface area contributed by atoms with Crippen molar-refractivity contribution in [1.29, 1.82) is 0 Å². The summed E-state index contributed by atoms with van der Waals surface area (Å²) >= 11 is 0. The van der Waals surface area contributed by atoms with E-state index in [1.165, 1.54) is 0 Å². The third-order valence-electron chi connectivity index (χ3n) is 8.36. The van der Waals surface area contributed by atoms with Gasteiger partial charge in [-0.15, -0.1) is 0 Å². The highest BCUT2D eigenvalue weighted by molar-refractivity contribution is 6.75. The van der Waals surface area contributed by atoms with Crippen molar-refractivity contribution >= 4 is 30.7 Å². The molecule has 0 unspecified atom stereocenters. The summed E-state index contributed by atoms with van der Waals surface area (Å²) in [4.78, 5) is 6.10. The minimum absolute atomic E-state index is 0.0855. The molecule has 1 aliphatic rings. The molecule has 0 amide bonds. The van der Waals surface area contributed by atoms with Crippen LogP contribution >= 0.6 is 0 Å². The van der Waals surface area contributed by atoms with Crippen LogP contribution < -0.4 is 0 Å². The lowest BCUT2D eigenvalue weighted by atomic mass is 9.97. The lowest BCUT2D eigenvalue weighted by molar-refractivity contribution is -0.0853. The molecule has 2 atom stereocenters. The topological polar surface area (TPSA) is 49.3 Å². The Kier molecular flexibility index (Phi) is 8.66. The first-order valence-electron chi connectivity index (χ1n) is 12.1. The Labute approximate surface area is 202 Å². The Hall–Kier alpha value is 0.000649. The predicted octanol–water partition coefficient (Wildman–Crippen LogP) is 7.57. The van der Waals surface area contributed by atoms with Crippen molar-refractivity contribution in [3.05, 3.63) is 0 Å². The van der Waals surface area contributed by atoms with E-state index in [2.05, 4.69) is 114 Å². The molecule has 0 saturated heterocycles. The van der Waals surface area contributed by atoms with Crippen LogP contribution in [0.5, 0.6) is 0 Å². The monoisotopic (exact) mass is 503 g/mol. The highest BCUT2D eigenvalue weighted by Crippen LogP contribution is 2.43. The van der Waals surface area contributed by atoms with Gasteiger partial charge in [0.05, 0.1) is 13.2 Å². The van der Waals surface area contributed by atoms with E-state index in [0.717, 1.165) is 5.71 Å². The van der Waals surface area contributed by atoms with Gasteiger partial charge in [0.2, 0.25) is 0 Å². The Bertz CT molecular complexity index is 685. The van der Waals surface area contributed by atoms with E-state index in [9.17, 15) is 0 Å². The van der Waals surface area contributed by atoms with E-state index >= 15 is 0 Å². The SMILES string of the molecule is CC(C)(C)[Si](C)(C)OCC1=NO[C@@](C)(CO[Si](C)(C)C(C)(C)C)[C@H]1O[Si](C)(C)C(C)(C)C. The van der Waals surface area contributed by atoms with Crippen molar-refractivity contribution in [3.63, 3.8) is 0 Å². The average Bonchev–Trinajstić information content (AvgIpc) is 2.85. The zero-order chi connectivity index (χ0) is 25.6. The first-order chi connectivity index (χ1) is 13.9. The highest BCUT2D eigenvalue weighted by atomic mass is 28.4. The molecule has 0 aromatic rings. The van der Waals surface area contributed by atoms with Gasteiger partial charge in [-0.05, 0) is 61.3 Å². The second kappa shape index (κ2) is 9.22. The maximum Gasteiger partial charge on any atom is 0.193 e. The number of rotatable bonds is 8. The van der Waals surface area contributed by atoms with Gasteiger partial charge in [-0.2, -0.15) is 0 Å². The van der Waals surface area contributed by atoms with Gasteiger partial charge in [-0.25, -0.2) is 0 Å². The average molecular weight is 504 g/mol. The van der Waals surface area contributed by atoms with E-state index in [1.807, 2.05) is 0 Å². The van der Waals surface area contributed by atoms with Gasteiger partial charge < -0.3 is 18.1 Å². The van der Waals surface area contributed by atoms with Crippen LogP contribution in [-0.2, 0) is 18.1 Å². The lowest BCUT2D eigenvalue weighted by Gasteiger charge is -2.43. The van der Waals surface area contributed by atoms with Crippen molar-refractivity contribution < 1.29 is 18.1 Å². The normalized spacial score (nSPS) is 23.9. The van der Waals surface area contributed by atoms with Crippen molar-refractivity contribution in [2.24, 2.45) is 5.16 Å². The zero-order valence-electron chi connectivity index (χ0n) is 24.1. The van der Waals surface area contributed by atoms with Crippen molar-refractivity contribution in [2.75, 3.05) is 13.2 Å². The number of hydrogen-bond acceptors (Lipinski definition) is 5. The van der Waals surface area contributed by atoms with Gasteiger partial charge in [-0.3, -0.25) is 0 Å². The second-order valence-electron chi connectivity index (χ2n) is 14.3. The van der Waals surface area contributed by atoms with Crippen LogP contribution in [0.2, 0.25) is 54.4 Å². The first kappa shape index (κ1) is 30.0. The Morgan fingerprint density at radius 3 is 1.56 bits per heavy atom. The fraction of sp³-hybridized carbons (Fsp3) is 0.958. The molecule has 5 nitrogen and oxygen atoms in total. The third-order valence-corrected chi connectivity index (χ3v) is 21.8. The Balaban J connectivity index is 3.19. The molecular formula is C24H53NO4Si3. The highest BCUT2D eigenvalue weighted by Gasteiger charge is 2.53. The summed E-state index contributed by atoms with van der Waals surface area (Å²) in [7, 11) is -5.93. The Morgan fingerprint density at radius 1 is 0.750 bits per heavy atom. The molecule has 1 heterocycles. The summed E-state index contributed by atoms with van der Waals surface area (Å²) in [6, 6.07) is 0. The van der Waals surface area contributed by atoms with Gasteiger partial charge in [0, 0.05) is 0 Å². The van der Waals surface area contributed by atoms with Crippen LogP contribution in [-0.4, -0.2) is 55.6 Å². The smallest absolute Gasteiger partial charge is 0.193 e. The summed E-state index contributed by atoms with van der Waals surface area (Å²) in [5.74, 6) is 0. The molecule has 0 radical (unpaired) electrons. The minimum Gasteiger partial charge on any atom is -0.413 e. The summed E-state index contributed by atoms with van der Waals surface area (Å²) in [6.07, 6.45) is -0.266. The molecule has 0 N–H and O–H groups in total. The molecule has 0 aliphatic carbocycles. The van der Waals surface area contributed by atoms with E-state index in [-0.39, 0.29) is 21.2 Å². The van der Waals surface area contributed by atoms with Crippen molar-refractivity contribution in [2.45, 2.75) is 135 Å². The predicted molar refractivity (Wildman–Crippen MR) is 145 cm³/mol. The van der Waals surface area contributed by atoms with E-state index in [0.29, 0.717) is 13.2 Å². The molecule has 0 fully saturated rings. The largest absolute Gasteiger partial charge is 0.413 e. The molecule has 1 rings (SSSR count). The van der Waals surface area contributed by atoms with Crippen LogP contribution in [0.3, 0.4) is 0 Å². The summed E-state index contributed by atoms with van der Waals surface area (Å²) in [6.45, 7) is 37.0. The van der Waals surface area contributed by atoms with Crippen LogP contribution in [0.4, 0.5) is 0 Å². The van der Waals surface area contributed by atoms with Crippen LogP contribution in [0.25, 0.3) is 0 Å². The molecule has 8 heteroatoms. The molecular weight excluding hydrogens is 451 g/mol. The van der Waals surface area contributed by atoms with Crippen molar-refractivity contribution in [3.8, 4) is 0 Å². The Morgan fingerprint density at radius 2 is 1.16 bits per heavy atom. The third kappa shape index (κ3) is 6.78. The van der Waals surface area contributed by atoms with E-state index in [1.54, 1.807) is 0 Å². The van der Waals surface area contributed by atoms with Gasteiger partial charge in [-0.1, -0.05) is 67.5 Å². The molecule has 0 aromatic carbocycles. The molecule has 1 aliphatic heterocycles. The summed E-state index contributed by atoms with van der Waals surface area (Å²) in [5, 5.41) is 4.88. The van der Waals surface area contributed by atoms with Gasteiger partial charge in [0.15, 0.2) is 30.6 Å². The summed E-state index contributed by atoms with van der Waals surface area (Å²) in [5.41, 5.74) is 0.206. The maximum atomic E-state index is 6.95. The van der Waals surface area contributed by atoms with Crippen LogP contribution in [0, 0.1) is 0 Å². The standard InChI is InChI=1S/C24H53NO4Si3/c1-21(2,3)30(11,12)26-17-19-20(28-32(15,16)23(7,8)9)24(10,29-25-19)18-27-31(13,14)22(4,5)6/h20H,17-18H2,1-16H3/t20-,24-/m0/s1. The van der Waals surface area contributed by atoms with E-state index in [4.69, 9.17) is 18.1 Å². The molecule has 0 saturated carbocycles. The fourth-order valence-corrected chi connectivity index (χ4v) is 5.84.